The molecule has 0 fully saturated rings. The second kappa shape index (κ2) is 3.34. The molecule has 5 heteroatoms. The first kappa shape index (κ1) is 9.64. The Hall–Kier alpha value is -1.91. The first-order chi connectivity index (χ1) is 7.13. The molecule has 0 atom stereocenters. The minimum atomic E-state index is 0.584. The number of hydrogen-bond acceptors (Lipinski definition) is 3. The van der Waals surface area contributed by atoms with Gasteiger partial charge < -0.3 is 0 Å². The van der Waals surface area contributed by atoms with Gasteiger partial charge in [-0.3, -0.25) is 9.48 Å². The number of carbonyl (C=O) groups excluding carboxylic acids is 1. The van der Waals surface area contributed by atoms with E-state index in [4.69, 9.17) is 0 Å². The van der Waals surface area contributed by atoms with E-state index in [-0.39, 0.29) is 0 Å². The molecule has 0 aliphatic heterocycles. The zero-order chi connectivity index (χ0) is 11.0. The highest BCUT2D eigenvalue weighted by atomic mass is 16.1. The lowest BCUT2D eigenvalue weighted by molar-refractivity contribution is 0.112. The van der Waals surface area contributed by atoms with Crippen molar-refractivity contribution >= 4 is 6.29 Å². The molecule has 0 aliphatic rings. The summed E-state index contributed by atoms with van der Waals surface area (Å²) in [4.78, 5) is 10.9. The van der Waals surface area contributed by atoms with Crippen molar-refractivity contribution in [3.63, 3.8) is 0 Å². The van der Waals surface area contributed by atoms with Gasteiger partial charge in [0, 0.05) is 13.2 Å². The van der Waals surface area contributed by atoms with Crippen molar-refractivity contribution in [3.8, 4) is 5.82 Å². The first-order valence-corrected chi connectivity index (χ1v) is 4.65. The number of nitrogens with zero attached hydrogens (tertiary/aromatic N) is 4. The summed E-state index contributed by atoms with van der Waals surface area (Å²) in [6.45, 7) is 3.71. The molecule has 15 heavy (non-hydrogen) atoms. The predicted octanol–water partition coefficient (Wildman–Crippen LogP) is 1.04. The Morgan fingerprint density at radius 3 is 2.60 bits per heavy atom. The van der Waals surface area contributed by atoms with E-state index in [2.05, 4.69) is 10.2 Å². The lowest BCUT2D eigenvalue weighted by atomic mass is 10.3. The largest absolute Gasteiger partial charge is 0.298 e. The van der Waals surface area contributed by atoms with Gasteiger partial charge in [-0.15, -0.1) is 0 Å². The lowest BCUT2D eigenvalue weighted by Gasteiger charge is -2.01. The van der Waals surface area contributed by atoms with E-state index in [0.29, 0.717) is 11.4 Å². The highest BCUT2D eigenvalue weighted by Crippen LogP contribution is 2.14. The van der Waals surface area contributed by atoms with Crippen LogP contribution in [0.25, 0.3) is 5.82 Å². The van der Waals surface area contributed by atoms with Gasteiger partial charge in [0.2, 0.25) is 0 Å². The van der Waals surface area contributed by atoms with Crippen LogP contribution < -0.4 is 0 Å². The molecule has 0 spiro atoms. The third-order valence-electron chi connectivity index (χ3n) is 2.29. The maximum atomic E-state index is 10.9. The molecule has 0 saturated carbocycles. The zero-order valence-electron chi connectivity index (χ0n) is 8.93. The molecule has 0 amide bonds. The third-order valence-corrected chi connectivity index (χ3v) is 2.29. The third kappa shape index (κ3) is 1.45. The fourth-order valence-corrected chi connectivity index (χ4v) is 1.61. The summed E-state index contributed by atoms with van der Waals surface area (Å²) < 4.78 is 3.32. The Morgan fingerprint density at radius 1 is 1.33 bits per heavy atom. The van der Waals surface area contributed by atoms with Crippen LogP contribution in [0.2, 0.25) is 0 Å². The van der Waals surface area contributed by atoms with Crippen molar-refractivity contribution < 1.29 is 4.79 Å². The van der Waals surface area contributed by atoms with E-state index in [1.165, 1.54) is 0 Å². The average molecular weight is 204 g/mol. The van der Waals surface area contributed by atoms with Crippen molar-refractivity contribution in [1.82, 2.24) is 19.6 Å². The minimum Gasteiger partial charge on any atom is -0.298 e. The summed E-state index contributed by atoms with van der Waals surface area (Å²) >= 11 is 0. The molecule has 0 unspecified atom stereocenters. The highest BCUT2D eigenvalue weighted by molar-refractivity contribution is 5.81. The summed E-state index contributed by atoms with van der Waals surface area (Å²) in [6, 6.07) is 1.89. The molecule has 0 N–H and O–H groups in total. The van der Waals surface area contributed by atoms with Gasteiger partial charge in [0.15, 0.2) is 12.1 Å². The molecule has 2 aromatic rings. The Labute approximate surface area is 87.3 Å². The molecule has 2 heterocycles. The summed E-state index contributed by atoms with van der Waals surface area (Å²) in [5.74, 6) is 0.704. The molecular weight excluding hydrogens is 192 g/mol. The van der Waals surface area contributed by atoms with Crippen LogP contribution in [0, 0.1) is 13.8 Å². The van der Waals surface area contributed by atoms with E-state index in [0.717, 1.165) is 17.7 Å². The highest BCUT2D eigenvalue weighted by Gasteiger charge is 2.14. The Morgan fingerprint density at radius 2 is 2.07 bits per heavy atom. The first-order valence-electron chi connectivity index (χ1n) is 4.65. The van der Waals surface area contributed by atoms with Crippen LogP contribution in [0.4, 0.5) is 0 Å². The fourth-order valence-electron chi connectivity index (χ4n) is 1.61. The van der Waals surface area contributed by atoms with Crippen molar-refractivity contribution in [2.75, 3.05) is 0 Å². The molecule has 0 aromatic carbocycles. The molecule has 0 bridgehead atoms. The zero-order valence-corrected chi connectivity index (χ0v) is 8.93. The van der Waals surface area contributed by atoms with Gasteiger partial charge in [-0.2, -0.15) is 10.2 Å². The Balaban J connectivity index is 2.66. The Kier molecular flexibility index (Phi) is 2.15. The van der Waals surface area contributed by atoms with Gasteiger partial charge >= 0.3 is 0 Å². The lowest BCUT2D eigenvalue weighted by Crippen LogP contribution is -2.05. The summed E-state index contributed by atoms with van der Waals surface area (Å²) in [7, 11) is 1.80. The van der Waals surface area contributed by atoms with Crippen molar-refractivity contribution in [3.05, 3.63) is 29.2 Å². The van der Waals surface area contributed by atoms with Gasteiger partial charge in [0.05, 0.1) is 17.0 Å². The van der Waals surface area contributed by atoms with Crippen LogP contribution in [0.5, 0.6) is 0 Å². The molecule has 2 aromatic heterocycles. The van der Waals surface area contributed by atoms with Crippen molar-refractivity contribution in [1.29, 1.82) is 0 Å². The smallest absolute Gasteiger partial charge is 0.162 e. The van der Waals surface area contributed by atoms with E-state index in [1.54, 1.807) is 16.4 Å². The number of aldehydes is 1. The van der Waals surface area contributed by atoms with Crippen LogP contribution in [0.1, 0.15) is 21.7 Å². The summed E-state index contributed by atoms with van der Waals surface area (Å²) in [5.41, 5.74) is 2.21. The fraction of sp³-hybridized carbons (Fsp3) is 0.300. The van der Waals surface area contributed by atoms with E-state index in [1.807, 2.05) is 26.1 Å². The second-order valence-corrected chi connectivity index (χ2v) is 3.47. The average Bonchev–Trinajstić information content (AvgIpc) is 2.70. The summed E-state index contributed by atoms with van der Waals surface area (Å²) in [6.07, 6.45) is 2.63. The standard InChI is InChI=1S/C10H12N4O/c1-7-4-5-14(11-7)10-9(6-15)8(2)12-13(10)3/h4-6H,1-3H3. The number of aromatic nitrogens is 4. The monoisotopic (exact) mass is 204 g/mol. The molecular formula is C10H12N4O. The molecule has 0 radical (unpaired) electrons. The van der Waals surface area contributed by atoms with Crippen LogP contribution in [-0.2, 0) is 7.05 Å². The predicted molar refractivity (Wildman–Crippen MR) is 55.2 cm³/mol. The topological polar surface area (TPSA) is 52.7 Å². The van der Waals surface area contributed by atoms with E-state index >= 15 is 0 Å². The van der Waals surface area contributed by atoms with Crippen LogP contribution in [0.15, 0.2) is 12.3 Å². The SMILES string of the molecule is Cc1ccn(-c2c(C=O)c(C)nn2C)n1. The number of aryl methyl sites for hydroxylation is 3. The number of hydrogen-bond donors (Lipinski definition) is 0. The van der Waals surface area contributed by atoms with Crippen molar-refractivity contribution in [2.24, 2.45) is 7.05 Å². The maximum Gasteiger partial charge on any atom is 0.162 e. The normalized spacial score (nSPS) is 10.6. The quantitative estimate of drug-likeness (QED) is 0.687. The molecule has 0 saturated heterocycles. The number of rotatable bonds is 2. The van der Waals surface area contributed by atoms with E-state index < -0.39 is 0 Å². The summed E-state index contributed by atoms with van der Waals surface area (Å²) in [5, 5.41) is 8.45. The minimum absolute atomic E-state index is 0.584. The van der Waals surface area contributed by atoms with Crippen LogP contribution in [0.3, 0.4) is 0 Å². The van der Waals surface area contributed by atoms with Crippen LogP contribution in [-0.4, -0.2) is 25.8 Å². The van der Waals surface area contributed by atoms with Gasteiger partial charge in [-0.1, -0.05) is 0 Å². The van der Waals surface area contributed by atoms with Gasteiger partial charge in [0.1, 0.15) is 0 Å². The molecule has 78 valence electrons. The molecule has 5 nitrogen and oxygen atoms in total. The molecule has 2 rings (SSSR count). The number of carbonyl (C=O) groups is 1. The second-order valence-electron chi connectivity index (χ2n) is 3.47. The van der Waals surface area contributed by atoms with Gasteiger partial charge in [-0.25, -0.2) is 4.68 Å². The maximum absolute atomic E-state index is 10.9. The van der Waals surface area contributed by atoms with E-state index in [9.17, 15) is 4.79 Å². The van der Waals surface area contributed by atoms with Crippen molar-refractivity contribution in [2.45, 2.75) is 13.8 Å². The van der Waals surface area contributed by atoms with Gasteiger partial charge in [0.25, 0.3) is 0 Å². The Bertz CT molecular complexity index is 509. The van der Waals surface area contributed by atoms with Gasteiger partial charge in [-0.05, 0) is 19.9 Å². The molecule has 0 aliphatic carbocycles. The van der Waals surface area contributed by atoms with Crippen LogP contribution >= 0.6 is 0 Å².